The zero-order valence-corrected chi connectivity index (χ0v) is 13.9. The summed E-state index contributed by atoms with van der Waals surface area (Å²) in [5.41, 5.74) is 1.87. The van der Waals surface area contributed by atoms with Crippen LogP contribution < -0.4 is 5.32 Å². The zero-order valence-electron chi connectivity index (χ0n) is 13.9. The van der Waals surface area contributed by atoms with Gasteiger partial charge in [-0.1, -0.05) is 0 Å². The number of anilines is 1. The number of halogens is 1. The third-order valence-corrected chi connectivity index (χ3v) is 3.72. The minimum Gasteiger partial charge on any atom is -0.449 e. The number of carbonyl (C=O) groups excluding carboxylic acids is 2. The van der Waals surface area contributed by atoms with Crippen LogP contribution >= 0.6 is 0 Å². The van der Waals surface area contributed by atoms with Crippen molar-refractivity contribution in [2.45, 2.75) is 6.42 Å². The highest BCUT2D eigenvalue weighted by atomic mass is 19.1. The van der Waals surface area contributed by atoms with Crippen LogP contribution in [0.15, 0.2) is 54.7 Å². The molecule has 0 fully saturated rings. The number of rotatable bonds is 5. The maximum absolute atomic E-state index is 13.1. The molecule has 1 aromatic heterocycles. The molecular formula is C20H16FN2O3. The summed E-state index contributed by atoms with van der Waals surface area (Å²) in [6.45, 7) is 3.81. The van der Waals surface area contributed by atoms with Gasteiger partial charge in [0.05, 0.1) is 12.1 Å². The summed E-state index contributed by atoms with van der Waals surface area (Å²) in [6.07, 6.45) is 1.42. The van der Waals surface area contributed by atoms with E-state index in [1.165, 1.54) is 30.5 Å². The molecule has 0 aliphatic rings. The highest BCUT2D eigenvalue weighted by molar-refractivity contribution is 6.16. The predicted molar refractivity (Wildman–Crippen MR) is 96.5 cm³/mol. The lowest BCUT2D eigenvalue weighted by Crippen LogP contribution is -2.14. The van der Waals surface area contributed by atoms with Crippen molar-refractivity contribution in [3.63, 3.8) is 0 Å². The Morgan fingerprint density at radius 3 is 2.62 bits per heavy atom. The molecule has 131 valence electrons. The largest absolute Gasteiger partial charge is 0.449 e. The van der Waals surface area contributed by atoms with Gasteiger partial charge in [-0.3, -0.25) is 15.1 Å². The molecule has 1 heterocycles. The highest BCUT2D eigenvalue weighted by Gasteiger charge is 2.14. The molecule has 0 unspecified atom stereocenters. The summed E-state index contributed by atoms with van der Waals surface area (Å²) in [4.78, 5) is 28.7. The molecule has 0 aliphatic heterocycles. The Morgan fingerprint density at radius 1 is 1.12 bits per heavy atom. The summed E-state index contributed by atoms with van der Waals surface area (Å²) in [6, 6.07) is 12.0. The lowest BCUT2D eigenvalue weighted by Gasteiger charge is -2.09. The number of aromatic nitrogens is 1. The Kier molecular flexibility index (Phi) is 5.22. The second kappa shape index (κ2) is 7.74. The molecule has 3 aromatic rings. The molecule has 1 N–H and O–H groups in total. The van der Waals surface area contributed by atoms with E-state index >= 15 is 0 Å². The van der Waals surface area contributed by atoms with Gasteiger partial charge in [-0.05, 0) is 61.9 Å². The topological polar surface area (TPSA) is 68.3 Å². The first-order chi connectivity index (χ1) is 12.6. The fourth-order valence-corrected chi connectivity index (χ4v) is 2.50. The van der Waals surface area contributed by atoms with E-state index in [0.717, 1.165) is 0 Å². The number of hydrogen-bond acceptors (Lipinski definition) is 4. The lowest BCUT2D eigenvalue weighted by atomic mass is 9.99. The molecule has 3 rings (SSSR count). The Balaban J connectivity index is 1.95. The van der Waals surface area contributed by atoms with Gasteiger partial charge in [0.2, 0.25) is 0 Å². The summed E-state index contributed by atoms with van der Waals surface area (Å²) in [5, 5.41) is 3.19. The maximum atomic E-state index is 13.1. The Hall–Kier alpha value is -3.28. The average molecular weight is 351 g/mol. The van der Waals surface area contributed by atoms with Crippen molar-refractivity contribution in [2.24, 2.45) is 0 Å². The molecule has 1 radical (unpaired) electrons. The van der Waals surface area contributed by atoms with E-state index in [1.807, 2.05) is 0 Å². The van der Waals surface area contributed by atoms with Gasteiger partial charge in [0.1, 0.15) is 5.82 Å². The van der Waals surface area contributed by atoms with Gasteiger partial charge in [-0.25, -0.2) is 9.18 Å². The Morgan fingerprint density at radius 2 is 1.88 bits per heavy atom. The second-order valence-corrected chi connectivity index (χ2v) is 5.54. The number of nitrogens with one attached hydrogen (secondary N) is 1. The number of hydrogen-bond donors (Lipinski definition) is 1. The van der Waals surface area contributed by atoms with Crippen molar-refractivity contribution in [3.8, 4) is 0 Å². The van der Waals surface area contributed by atoms with Crippen LogP contribution in [-0.2, 0) is 4.74 Å². The number of benzene rings is 2. The van der Waals surface area contributed by atoms with Crippen LogP contribution in [0.1, 0.15) is 22.3 Å². The van der Waals surface area contributed by atoms with Crippen molar-refractivity contribution in [1.82, 2.24) is 4.98 Å². The number of pyridine rings is 1. The molecule has 5 nitrogen and oxygen atoms in total. The molecule has 0 aliphatic carbocycles. The SMILES string of the molecule is [CH2]CCOC(=O)Nc1ccc2nccc(C(=O)c3ccc(F)cc3)c2c1. The summed E-state index contributed by atoms with van der Waals surface area (Å²) in [7, 11) is 0. The molecule has 0 spiro atoms. The van der Waals surface area contributed by atoms with Crippen LogP contribution in [-0.4, -0.2) is 23.5 Å². The quantitative estimate of drug-likeness (QED) is 0.693. The van der Waals surface area contributed by atoms with Gasteiger partial charge < -0.3 is 4.74 Å². The van der Waals surface area contributed by atoms with Crippen molar-refractivity contribution >= 4 is 28.5 Å². The average Bonchev–Trinajstić information content (AvgIpc) is 2.66. The molecule has 6 heteroatoms. The van der Waals surface area contributed by atoms with Crippen molar-refractivity contribution in [1.29, 1.82) is 0 Å². The van der Waals surface area contributed by atoms with E-state index in [2.05, 4.69) is 17.2 Å². The van der Waals surface area contributed by atoms with Gasteiger partial charge in [0.25, 0.3) is 0 Å². The zero-order chi connectivity index (χ0) is 18.5. The first kappa shape index (κ1) is 17.5. The van der Waals surface area contributed by atoms with Crippen molar-refractivity contribution in [3.05, 3.63) is 78.6 Å². The van der Waals surface area contributed by atoms with E-state index < -0.39 is 11.9 Å². The number of ether oxygens (including phenoxy) is 1. The smallest absolute Gasteiger partial charge is 0.411 e. The molecule has 0 atom stereocenters. The number of amides is 1. The van der Waals surface area contributed by atoms with Crippen LogP contribution in [0.2, 0.25) is 0 Å². The van der Waals surface area contributed by atoms with Crippen LogP contribution in [0.5, 0.6) is 0 Å². The molecule has 1 amide bonds. The third kappa shape index (κ3) is 3.85. The van der Waals surface area contributed by atoms with Gasteiger partial charge in [0, 0.05) is 28.4 Å². The summed E-state index contributed by atoms with van der Waals surface area (Å²) >= 11 is 0. The van der Waals surface area contributed by atoms with E-state index in [4.69, 9.17) is 4.74 Å². The van der Waals surface area contributed by atoms with Crippen LogP contribution in [0.3, 0.4) is 0 Å². The van der Waals surface area contributed by atoms with Crippen LogP contribution in [0.25, 0.3) is 10.9 Å². The van der Waals surface area contributed by atoms with Gasteiger partial charge in [-0.2, -0.15) is 0 Å². The highest BCUT2D eigenvalue weighted by Crippen LogP contribution is 2.23. The van der Waals surface area contributed by atoms with E-state index in [0.29, 0.717) is 34.1 Å². The van der Waals surface area contributed by atoms with Gasteiger partial charge in [-0.15, -0.1) is 0 Å². The number of carbonyl (C=O) groups is 2. The fraction of sp³-hybridized carbons (Fsp3) is 0.100. The normalized spacial score (nSPS) is 10.5. The van der Waals surface area contributed by atoms with E-state index in [1.54, 1.807) is 24.3 Å². The van der Waals surface area contributed by atoms with E-state index in [-0.39, 0.29) is 12.4 Å². The number of ketones is 1. The first-order valence-electron chi connectivity index (χ1n) is 8.00. The second-order valence-electron chi connectivity index (χ2n) is 5.54. The Bertz CT molecular complexity index is 955. The molecule has 0 bridgehead atoms. The minimum absolute atomic E-state index is 0.218. The van der Waals surface area contributed by atoms with Crippen LogP contribution in [0, 0.1) is 12.7 Å². The van der Waals surface area contributed by atoms with Crippen molar-refractivity contribution < 1.29 is 18.7 Å². The first-order valence-corrected chi connectivity index (χ1v) is 8.00. The molecule has 26 heavy (non-hydrogen) atoms. The monoisotopic (exact) mass is 351 g/mol. The van der Waals surface area contributed by atoms with Crippen LogP contribution in [0.4, 0.5) is 14.9 Å². The van der Waals surface area contributed by atoms with Gasteiger partial charge >= 0.3 is 6.09 Å². The van der Waals surface area contributed by atoms with E-state index in [9.17, 15) is 14.0 Å². The summed E-state index contributed by atoms with van der Waals surface area (Å²) in [5.74, 6) is -0.664. The van der Waals surface area contributed by atoms with Gasteiger partial charge in [0.15, 0.2) is 5.78 Å². The Labute approximate surface area is 149 Å². The lowest BCUT2D eigenvalue weighted by molar-refractivity contribution is 0.104. The molecule has 2 aromatic carbocycles. The standard InChI is InChI=1S/C20H16FN2O3/c1-2-11-26-20(25)23-15-7-8-18-17(12-15)16(9-10-22-18)19(24)13-3-5-14(21)6-4-13/h3-10,12H,1-2,11H2,(H,23,25). The molecule has 0 saturated carbocycles. The molecular weight excluding hydrogens is 335 g/mol. The minimum atomic E-state index is -0.594. The predicted octanol–water partition coefficient (Wildman–Crippen LogP) is 4.38. The third-order valence-electron chi connectivity index (χ3n) is 3.72. The maximum Gasteiger partial charge on any atom is 0.411 e. The molecule has 0 saturated heterocycles. The number of fused-ring (bicyclic) bond motifs is 1. The fourth-order valence-electron chi connectivity index (χ4n) is 2.50. The van der Waals surface area contributed by atoms with Crippen molar-refractivity contribution in [2.75, 3.05) is 11.9 Å². The number of nitrogens with zero attached hydrogens (tertiary/aromatic N) is 1. The summed E-state index contributed by atoms with van der Waals surface area (Å²) < 4.78 is 18.0.